The van der Waals surface area contributed by atoms with Crippen LogP contribution < -0.4 is 0 Å². The average Bonchev–Trinajstić information content (AvgIpc) is 1.98. The number of allylic oxidation sites excluding steroid dienone is 2. The summed E-state index contributed by atoms with van der Waals surface area (Å²) in [5, 5.41) is 0. The van der Waals surface area contributed by atoms with E-state index in [0.29, 0.717) is 11.8 Å². The molecule has 0 N–H and O–H groups in total. The van der Waals surface area contributed by atoms with Crippen molar-refractivity contribution in [1.82, 2.24) is 0 Å². The summed E-state index contributed by atoms with van der Waals surface area (Å²) >= 11 is 3.16. The van der Waals surface area contributed by atoms with Crippen molar-refractivity contribution < 1.29 is 38.7 Å². The molecule has 0 heterocycles. The van der Waals surface area contributed by atoms with E-state index in [1.54, 1.807) is 42.6 Å². The summed E-state index contributed by atoms with van der Waals surface area (Å²) in [5.74, 6) is 1.39. The Morgan fingerprint density at radius 3 is 1.83 bits per heavy atom. The van der Waals surface area contributed by atoms with Crippen LogP contribution in [0.3, 0.4) is 0 Å². The molecule has 0 aliphatic carbocycles. The second-order valence-corrected chi connectivity index (χ2v) is 6.01. The van der Waals surface area contributed by atoms with Crippen molar-refractivity contribution in [2.24, 2.45) is 11.8 Å². The summed E-state index contributed by atoms with van der Waals surface area (Å²) in [5.41, 5.74) is 1.50. The molecule has 0 nitrogen and oxygen atoms in total. The zero-order chi connectivity index (χ0) is 9.72. The molecule has 0 radical (unpaired) electrons. The average molecular weight is 504 g/mol. The Balaban J connectivity index is 4.49. The first-order valence-electron chi connectivity index (χ1n) is 4.19. The van der Waals surface area contributed by atoms with Gasteiger partial charge < -0.3 is 0 Å². The Hall–Kier alpha value is 0.857. The van der Waals surface area contributed by atoms with Gasteiger partial charge in [0.05, 0.1) is 0 Å². The van der Waals surface area contributed by atoms with Crippen LogP contribution in [0.2, 0.25) is 0 Å². The van der Waals surface area contributed by atoms with Crippen LogP contribution in [0.1, 0.15) is 27.7 Å². The fraction of sp³-hybridized carbons (Fsp3) is 0.600. The number of hydrogen-bond acceptors (Lipinski definition) is 0. The van der Waals surface area contributed by atoms with E-state index in [1.807, 2.05) is 0 Å². The second-order valence-electron chi connectivity index (χ2n) is 3.47. The number of rotatable bonds is 4. The van der Waals surface area contributed by atoms with Gasteiger partial charge in [0.2, 0.25) is 0 Å². The Morgan fingerprint density at radius 2 is 1.58 bits per heavy atom. The summed E-state index contributed by atoms with van der Waals surface area (Å²) < 4.78 is 3.87. The van der Waals surface area contributed by atoms with Crippen LogP contribution in [0.4, 0.5) is 0 Å². The van der Waals surface area contributed by atoms with Gasteiger partial charge in [-0.1, -0.05) is 0 Å². The summed E-state index contributed by atoms with van der Waals surface area (Å²) in [4.78, 5) is 0. The third kappa shape index (κ3) is 4.78. The van der Waals surface area contributed by atoms with Crippen LogP contribution in [-0.4, -0.2) is 8.30 Å². The fourth-order valence-electron chi connectivity index (χ4n) is 0.668. The molecule has 12 heavy (non-hydrogen) atoms. The van der Waals surface area contributed by atoms with E-state index in [1.165, 1.54) is 5.57 Å². The molecule has 0 fully saturated rings. The van der Waals surface area contributed by atoms with Crippen molar-refractivity contribution in [3.63, 3.8) is 0 Å². The predicted molar refractivity (Wildman–Crippen MR) is 48.8 cm³/mol. The molecule has 0 saturated heterocycles. The van der Waals surface area contributed by atoms with Gasteiger partial charge in [-0.2, -0.15) is 0 Å². The second kappa shape index (κ2) is 6.33. The van der Waals surface area contributed by atoms with E-state index >= 15 is 0 Å². The Bertz CT molecular complexity index is 200. The van der Waals surface area contributed by atoms with Crippen molar-refractivity contribution >= 4 is 8.30 Å². The van der Waals surface area contributed by atoms with Crippen LogP contribution in [0.5, 0.6) is 0 Å². The van der Waals surface area contributed by atoms with Crippen molar-refractivity contribution in [1.29, 1.82) is 0 Å². The van der Waals surface area contributed by atoms with Crippen LogP contribution in [0.15, 0.2) is 11.6 Å². The van der Waals surface area contributed by atoms with E-state index in [-0.39, 0.29) is 0 Å². The maximum absolute atomic E-state index is 2.37. The monoisotopic (exact) mass is 504 g/mol. The molecule has 0 aromatic rings. The summed E-state index contributed by atoms with van der Waals surface area (Å²) in [7, 11) is 0. The molecule has 0 rings (SSSR count). The van der Waals surface area contributed by atoms with Gasteiger partial charge in [0.15, 0.2) is 0 Å². The standard InChI is InChI=1S/C10H16.2W/c1-8(2)6-7-10(5)9(3)4;;/h5,7-9H,1-4H3;;/b10-7+;;. The van der Waals surface area contributed by atoms with Crippen LogP contribution in [0, 0.1) is 11.8 Å². The predicted octanol–water partition coefficient (Wildman–Crippen LogP) is 2.29. The molecule has 0 spiro atoms. The maximum atomic E-state index is 2.37. The first-order chi connectivity index (χ1) is 5.49. The number of hydrogen-bond donors (Lipinski definition) is 0. The van der Waals surface area contributed by atoms with E-state index in [9.17, 15) is 0 Å². The third-order valence-electron chi connectivity index (χ3n) is 1.68. The van der Waals surface area contributed by atoms with Gasteiger partial charge in [0, 0.05) is 0 Å². The van der Waals surface area contributed by atoms with Gasteiger partial charge in [-0.05, 0) is 0 Å². The molecule has 0 aromatic heterocycles. The molecule has 0 aliphatic heterocycles. The molecular formula is C10H16W2. The SMILES string of the molecule is CC(C)[C](=[W])/C=C(\[CH]=[W])C(C)C. The third-order valence-corrected chi connectivity index (χ3v) is 4.78. The Labute approximate surface area is 97.6 Å². The van der Waals surface area contributed by atoms with Crippen molar-refractivity contribution in [2.75, 3.05) is 0 Å². The quantitative estimate of drug-likeness (QED) is 0.552. The molecule has 0 aliphatic rings. The normalized spacial score (nSPS) is 12.3. The molecule has 0 atom stereocenters. The van der Waals surface area contributed by atoms with Crippen LogP contribution in [-0.2, 0) is 38.7 Å². The molecular weight excluding hydrogens is 488 g/mol. The minimum absolute atomic E-state index is 0.676. The van der Waals surface area contributed by atoms with E-state index in [0.717, 1.165) is 0 Å². The van der Waals surface area contributed by atoms with Gasteiger partial charge in [0.25, 0.3) is 0 Å². The van der Waals surface area contributed by atoms with Crippen molar-refractivity contribution in [3.05, 3.63) is 11.6 Å². The fourth-order valence-corrected chi connectivity index (χ4v) is 2.38. The van der Waals surface area contributed by atoms with Gasteiger partial charge in [-0.25, -0.2) is 0 Å². The zero-order valence-electron chi connectivity index (χ0n) is 8.13. The van der Waals surface area contributed by atoms with E-state index in [2.05, 4.69) is 38.2 Å². The molecule has 0 aromatic carbocycles. The van der Waals surface area contributed by atoms with Gasteiger partial charge in [-0.15, -0.1) is 0 Å². The summed E-state index contributed by atoms with van der Waals surface area (Å²) in [6.45, 7) is 9.04. The van der Waals surface area contributed by atoms with Gasteiger partial charge >= 0.3 is 98.2 Å². The van der Waals surface area contributed by atoms with Crippen LogP contribution >= 0.6 is 0 Å². The summed E-state index contributed by atoms with van der Waals surface area (Å²) in [6.07, 6.45) is 2.37. The van der Waals surface area contributed by atoms with Crippen molar-refractivity contribution in [3.8, 4) is 0 Å². The van der Waals surface area contributed by atoms with E-state index < -0.39 is 0 Å². The zero-order valence-corrected chi connectivity index (χ0v) is 14.0. The summed E-state index contributed by atoms with van der Waals surface area (Å²) in [6, 6.07) is 0. The molecule has 0 unspecified atom stereocenters. The van der Waals surface area contributed by atoms with Gasteiger partial charge in [-0.3, -0.25) is 0 Å². The molecule has 68 valence electrons. The Kier molecular flexibility index (Phi) is 6.78. The van der Waals surface area contributed by atoms with Gasteiger partial charge in [0.1, 0.15) is 0 Å². The molecule has 0 saturated carbocycles. The Morgan fingerprint density at radius 1 is 1.08 bits per heavy atom. The minimum atomic E-state index is 0.676. The molecule has 0 amide bonds. The van der Waals surface area contributed by atoms with Crippen LogP contribution in [0.25, 0.3) is 0 Å². The van der Waals surface area contributed by atoms with Crippen molar-refractivity contribution in [2.45, 2.75) is 27.7 Å². The topological polar surface area (TPSA) is 0 Å². The van der Waals surface area contributed by atoms with E-state index in [4.69, 9.17) is 0 Å². The molecule has 2 heteroatoms. The first kappa shape index (κ1) is 12.9. The first-order valence-corrected chi connectivity index (χ1v) is 7.35. The molecule has 0 bridgehead atoms.